The van der Waals surface area contributed by atoms with Gasteiger partial charge in [-0.3, -0.25) is 0 Å². The molecule has 0 spiro atoms. The van der Waals surface area contributed by atoms with E-state index in [1.165, 1.54) is 130 Å². The Morgan fingerprint density at radius 2 is 1.45 bits per heavy atom. The van der Waals surface area contributed by atoms with Crippen molar-refractivity contribution in [2.45, 2.75) is 122 Å². The molecule has 0 saturated carbocycles. The van der Waals surface area contributed by atoms with Crippen LogP contribution in [-0.4, -0.2) is 7.85 Å². The van der Waals surface area contributed by atoms with Crippen molar-refractivity contribution in [1.29, 1.82) is 0 Å². The van der Waals surface area contributed by atoms with Crippen LogP contribution in [0.1, 0.15) is 133 Å². The normalized spacial score (nSPS) is 20.6. The molecule has 71 heavy (non-hydrogen) atoms. The van der Waals surface area contributed by atoms with Gasteiger partial charge >= 0.3 is 0 Å². The van der Waals surface area contributed by atoms with Crippen LogP contribution in [0.5, 0.6) is 0 Å². The Labute approximate surface area is 428 Å². The lowest BCUT2D eigenvalue weighted by atomic mass is 9.54. The van der Waals surface area contributed by atoms with Crippen LogP contribution in [0.2, 0.25) is 0 Å². The van der Waals surface area contributed by atoms with E-state index >= 15 is 0 Å². The van der Waals surface area contributed by atoms with Gasteiger partial charge < -0.3 is 10.2 Å². The molecule has 0 amide bonds. The summed E-state index contributed by atoms with van der Waals surface area (Å²) in [5.74, 6) is 0.690. The van der Waals surface area contributed by atoms with Gasteiger partial charge in [-0.25, -0.2) is 0 Å². The topological polar surface area (TPSA) is 15.3 Å². The Morgan fingerprint density at radius 1 is 0.704 bits per heavy atom. The summed E-state index contributed by atoms with van der Waals surface area (Å²) < 4.78 is 2.67. The van der Waals surface area contributed by atoms with Gasteiger partial charge in [0.05, 0.1) is 21.8 Å². The number of nitrogens with zero attached hydrogens (tertiary/aromatic N) is 1. The lowest BCUT2D eigenvalue weighted by molar-refractivity contribution is 0.266. The van der Waals surface area contributed by atoms with Crippen LogP contribution in [0.4, 0.5) is 28.4 Å². The lowest BCUT2D eigenvalue weighted by Crippen LogP contribution is -2.47. The highest BCUT2D eigenvalue weighted by molar-refractivity contribution is 7.26. The minimum Gasteiger partial charge on any atom is -0.355 e. The van der Waals surface area contributed by atoms with Crippen molar-refractivity contribution >= 4 is 78.8 Å². The number of rotatable bonds is 9. The zero-order chi connectivity index (χ0) is 48.6. The quantitative estimate of drug-likeness (QED) is 0.115. The Kier molecular flexibility index (Phi) is 11.6. The second-order valence-electron chi connectivity index (χ2n) is 22.8. The molecule has 12 rings (SSSR count). The third-order valence-electron chi connectivity index (χ3n) is 17.6. The second-order valence-corrected chi connectivity index (χ2v) is 23.8. The molecule has 4 aliphatic carbocycles. The van der Waals surface area contributed by atoms with Gasteiger partial charge in [0.2, 0.25) is 0 Å². The number of nitrogens with one attached hydrogen (secondary N) is 1. The van der Waals surface area contributed by atoms with Gasteiger partial charge in [-0.05, 0) is 174 Å². The van der Waals surface area contributed by atoms with Crippen molar-refractivity contribution in [3.8, 4) is 11.1 Å². The van der Waals surface area contributed by atoms with E-state index in [4.69, 9.17) is 0 Å². The van der Waals surface area contributed by atoms with E-state index in [1.807, 2.05) is 11.3 Å². The van der Waals surface area contributed by atoms with Crippen molar-refractivity contribution in [2.75, 3.05) is 10.2 Å². The third kappa shape index (κ3) is 7.40. The number of allylic oxidation sites excluding steroid dienone is 10. The minimum atomic E-state index is -0.235. The number of anilines is 5. The third-order valence-corrected chi connectivity index (χ3v) is 18.8. The molecular formula is C67H69BN2S. The van der Waals surface area contributed by atoms with E-state index in [1.54, 1.807) is 0 Å². The zero-order valence-electron chi connectivity index (χ0n) is 43.1. The van der Waals surface area contributed by atoms with Crippen LogP contribution in [0.15, 0.2) is 163 Å². The molecule has 0 saturated heterocycles. The molecule has 0 radical (unpaired) electrons. The molecule has 0 fully saturated rings. The summed E-state index contributed by atoms with van der Waals surface area (Å²) in [5.41, 5.74) is 21.7. The van der Waals surface area contributed by atoms with E-state index in [0.29, 0.717) is 11.8 Å². The molecule has 2 nitrogen and oxygen atoms in total. The summed E-state index contributed by atoms with van der Waals surface area (Å²) in [4.78, 5) is 2.72. The zero-order valence-corrected chi connectivity index (χ0v) is 43.9. The highest BCUT2D eigenvalue weighted by Gasteiger charge is 2.52. The fourth-order valence-corrected chi connectivity index (χ4v) is 15.2. The summed E-state index contributed by atoms with van der Waals surface area (Å²) >= 11 is 1.96. The van der Waals surface area contributed by atoms with Gasteiger partial charge in [-0.2, -0.15) is 0 Å². The first-order valence-corrected chi connectivity index (χ1v) is 27.7. The molecule has 2 heterocycles. The Hall–Kier alpha value is -6.10. The SMILES string of the molecule is Bc1c(-c2c(Nc3ccc4c(c3)C(C)(C)CCC4(C)C)ccc(CCC)c2C2=C(C)CCC=C2)cc2c(sc3ccccc32)c1N1c2ccccc2C(C2C=CC=CC2)(C2C=CCCC2)c2ccccc21. The van der Waals surface area contributed by atoms with Crippen molar-refractivity contribution in [3.05, 3.63) is 197 Å². The number of fused-ring (bicyclic) bond motifs is 6. The van der Waals surface area contributed by atoms with Crippen molar-refractivity contribution in [2.24, 2.45) is 11.8 Å². The summed E-state index contributed by atoms with van der Waals surface area (Å²) in [5, 5.41) is 6.84. The Balaban J connectivity index is 1.17. The van der Waals surface area contributed by atoms with Gasteiger partial charge in [-0.15, -0.1) is 11.3 Å². The molecule has 5 aliphatic rings. The van der Waals surface area contributed by atoms with E-state index in [-0.39, 0.29) is 16.2 Å². The first-order valence-electron chi connectivity index (χ1n) is 26.9. The maximum atomic E-state index is 4.19. The molecule has 1 aromatic heterocycles. The molecular weight excluding hydrogens is 876 g/mol. The van der Waals surface area contributed by atoms with Crippen LogP contribution in [0.25, 0.3) is 36.9 Å². The molecule has 1 aliphatic heterocycles. The van der Waals surface area contributed by atoms with E-state index < -0.39 is 0 Å². The number of hydrogen-bond donors (Lipinski definition) is 1. The smallest absolute Gasteiger partial charge is 0.142 e. The van der Waals surface area contributed by atoms with Crippen LogP contribution >= 0.6 is 11.3 Å². The monoisotopic (exact) mass is 945 g/mol. The van der Waals surface area contributed by atoms with Crippen molar-refractivity contribution in [3.63, 3.8) is 0 Å². The van der Waals surface area contributed by atoms with Crippen molar-refractivity contribution < 1.29 is 0 Å². The molecule has 2 atom stereocenters. The summed E-state index contributed by atoms with van der Waals surface area (Å²) in [6, 6.07) is 43.0. The van der Waals surface area contributed by atoms with E-state index in [9.17, 15) is 0 Å². The average Bonchev–Trinajstić information content (AvgIpc) is 3.77. The number of para-hydroxylation sites is 2. The van der Waals surface area contributed by atoms with Gasteiger partial charge in [-0.1, -0.05) is 167 Å². The Bertz CT molecular complexity index is 3370. The van der Waals surface area contributed by atoms with Crippen molar-refractivity contribution in [1.82, 2.24) is 0 Å². The molecule has 1 N–H and O–H groups in total. The predicted molar refractivity (Wildman–Crippen MR) is 311 cm³/mol. The number of benzene rings is 6. The van der Waals surface area contributed by atoms with Crippen LogP contribution in [-0.2, 0) is 22.7 Å². The molecule has 2 unspecified atom stereocenters. The maximum Gasteiger partial charge on any atom is 0.142 e. The van der Waals surface area contributed by atoms with E-state index in [0.717, 1.165) is 44.2 Å². The first-order chi connectivity index (χ1) is 34.5. The first kappa shape index (κ1) is 46.0. The number of aryl methyl sites for hydroxylation is 1. The number of thiophene rings is 1. The fourth-order valence-electron chi connectivity index (χ4n) is 13.9. The summed E-state index contributed by atoms with van der Waals surface area (Å²) in [7, 11) is 2.45. The van der Waals surface area contributed by atoms with E-state index in [2.05, 4.69) is 217 Å². The van der Waals surface area contributed by atoms with Gasteiger partial charge in [0, 0.05) is 37.8 Å². The average molecular weight is 945 g/mol. The van der Waals surface area contributed by atoms with Gasteiger partial charge in [0.25, 0.3) is 0 Å². The van der Waals surface area contributed by atoms with Crippen LogP contribution < -0.4 is 15.7 Å². The molecule has 4 heteroatoms. The highest BCUT2D eigenvalue weighted by atomic mass is 32.1. The predicted octanol–water partition coefficient (Wildman–Crippen LogP) is 17.7. The largest absolute Gasteiger partial charge is 0.355 e. The molecule has 7 aromatic rings. The Morgan fingerprint density at radius 3 is 2.17 bits per heavy atom. The maximum absolute atomic E-state index is 4.19. The minimum absolute atomic E-state index is 0.0999. The number of hydrogen-bond acceptors (Lipinski definition) is 3. The van der Waals surface area contributed by atoms with Gasteiger partial charge in [0.15, 0.2) is 0 Å². The van der Waals surface area contributed by atoms with Crippen LogP contribution in [0, 0.1) is 11.8 Å². The summed E-state index contributed by atoms with van der Waals surface area (Å²) in [6.07, 6.45) is 30.7. The van der Waals surface area contributed by atoms with Gasteiger partial charge in [0.1, 0.15) is 7.85 Å². The second kappa shape index (κ2) is 17.9. The molecule has 356 valence electrons. The molecule has 0 bridgehead atoms. The van der Waals surface area contributed by atoms with Crippen LogP contribution in [0.3, 0.4) is 0 Å². The lowest BCUT2D eigenvalue weighted by Gasteiger charge is -2.53. The fraction of sp³-hybridized carbons (Fsp3) is 0.313. The highest BCUT2D eigenvalue weighted by Crippen LogP contribution is 2.62. The summed E-state index contributed by atoms with van der Waals surface area (Å²) in [6.45, 7) is 14.5. The standard InChI is InChI=1S/C67H69BN2S/c1-7-22-44-35-38-56(69-47-36-37-52-55(41-47)66(5,6)40-39-65(52,3)4)61(60(44)48-28-15-14-23-43(48)2)51-42-50-49-29-16-21-34-59(49)71-64(50)63(62(51)68)70-57-32-19-17-30-53(57)67(45-24-10-8-11-25-45,46-26-12-9-13-27-46)54-31-18-20-33-58(54)70/h8,10-12,15-21,24,26,28-38,41-42,45-46,69H,7,9,13-14,22-23,25,27,39-40,68H2,1-6H3. The molecule has 6 aromatic carbocycles.